The lowest BCUT2D eigenvalue weighted by molar-refractivity contribution is -0.141. The second-order valence-corrected chi connectivity index (χ2v) is 6.31. The second kappa shape index (κ2) is 8.80. The van der Waals surface area contributed by atoms with E-state index in [4.69, 9.17) is 9.47 Å². The minimum Gasteiger partial charge on any atom is -0.471 e. The SMILES string of the molecule is O=C(NCC(=O)N1CC(Oc2cccc(C(F)(F)F)n2)C1)OCc1ccccc1. The van der Waals surface area contributed by atoms with Gasteiger partial charge in [0.15, 0.2) is 0 Å². The second-order valence-electron chi connectivity index (χ2n) is 6.31. The van der Waals surface area contributed by atoms with Gasteiger partial charge in [0, 0.05) is 6.07 Å². The highest BCUT2D eigenvalue weighted by Crippen LogP contribution is 2.29. The molecule has 154 valence electrons. The highest BCUT2D eigenvalue weighted by Gasteiger charge is 2.35. The van der Waals surface area contributed by atoms with Crippen LogP contribution in [0.2, 0.25) is 0 Å². The Hall–Kier alpha value is -3.30. The van der Waals surface area contributed by atoms with Crippen molar-refractivity contribution in [1.82, 2.24) is 15.2 Å². The lowest BCUT2D eigenvalue weighted by Crippen LogP contribution is -2.58. The van der Waals surface area contributed by atoms with Gasteiger partial charge in [-0.25, -0.2) is 9.78 Å². The molecule has 0 aliphatic carbocycles. The van der Waals surface area contributed by atoms with Gasteiger partial charge < -0.3 is 19.7 Å². The van der Waals surface area contributed by atoms with Crippen molar-refractivity contribution in [2.45, 2.75) is 18.9 Å². The number of nitrogens with one attached hydrogen (secondary N) is 1. The third kappa shape index (κ3) is 5.84. The molecule has 1 aromatic carbocycles. The normalized spacial score (nSPS) is 14.1. The zero-order valence-corrected chi connectivity index (χ0v) is 15.2. The average molecular weight is 409 g/mol. The maximum Gasteiger partial charge on any atom is 0.433 e. The van der Waals surface area contributed by atoms with Crippen LogP contribution in [-0.4, -0.2) is 47.6 Å². The smallest absolute Gasteiger partial charge is 0.433 e. The Morgan fingerprint density at radius 3 is 2.52 bits per heavy atom. The van der Waals surface area contributed by atoms with Crippen molar-refractivity contribution < 1.29 is 32.2 Å². The third-order valence-corrected chi connectivity index (χ3v) is 4.10. The summed E-state index contributed by atoms with van der Waals surface area (Å²) >= 11 is 0. The molecule has 1 aliphatic rings. The van der Waals surface area contributed by atoms with E-state index in [2.05, 4.69) is 10.3 Å². The van der Waals surface area contributed by atoms with Gasteiger partial charge in [0.05, 0.1) is 13.1 Å². The monoisotopic (exact) mass is 409 g/mol. The molecule has 0 radical (unpaired) electrons. The maximum absolute atomic E-state index is 12.7. The number of carbonyl (C=O) groups excluding carboxylic acids is 2. The molecule has 1 aliphatic heterocycles. The quantitative estimate of drug-likeness (QED) is 0.794. The van der Waals surface area contributed by atoms with Crippen LogP contribution in [0.5, 0.6) is 5.88 Å². The summed E-state index contributed by atoms with van der Waals surface area (Å²) in [5.74, 6) is -0.502. The minimum atomic E-state index is -4.55. The number of pyridine rings is 1. The number of hydrogen-bond donors (Lipinski definition) is 1. The largest absolute Gasteiger partial charge is 0.471 e. The molecule has 29 heavy (non-hydrogen) atoms. The van der Waals surface area contributed by atoms with Crippen molar-refractivity contribution in [2.75, 3.05) is 19.6 Å². The van der Waals surface area contributed by atoms with Crippen LogP contribution < -0.4 is 10.1 Å². The van der Waals surface area contributed by atoms with Crippen molar-refractivity contribution in [2.24, 2.45) is 0 Å². The fraction of sp³-hybridized carbons (Fsp3) is 0.316. The summed E-state index contributed by atoms with van der Waals surface area (Å²) in [6, 6.07) is 12.5. The van der Waals surface area contributed by atoms with Gasteiger partial charge in [-0.3, -0.25) is 4.79 Å². The lowest BCUT2D eigenvalue weighted by atomic mass is 10.1. The molecule has 0 saturated carbocycles. The summed E-state index contributed by atoms with van der Waals surface area (Å²) in [5, 5.41) is 2.36. The van der Waals surface area contributed by atoms with Gasteiger partial charge in [-0.2, -0.15) is 13.2 Å². The predicted octanol–water partition coefficient (Wildman–Crippen LogP) is 2.62. The molecule has 1 aromatic heterocycles. The first-order valence-electron chi connectivity index (χ1n) is 8.74. The molecule has 3 rings (SSSR count). The molecule has 2 aromatic rings. The molecule has 1 N–H and O–H groups in total. The Morgan fingerprint density at radius 2 is 1.83 bits per heavy atom. The van der Waals surface area contributed by atoms with E-state index >= 15 is 0 Å². The van der Waals surface area contributed by atoms with E-state index in [1.165, 1.54) is 17.0 Å². The molecular formula is C19H18F3N3O4. The number of ether oxygens (including phenoxy) is 2. The number of alkyl halides is 3. The van der Waals surface area contributed by atoms with Crippen molar-refractivity contribution >= 4 is 12.0 Å². The number of rotatable bonds is 6. The van der Waals surface area contributed by atoms with Gasteiger partial charge in [-0.05, 0) is 11.6 Å². The van der Waals surface area contributed by atoms with Crippen molar-refractivity contribution in [3.05, 3.63) is 59.8 Å². The number of aromatic nitrogens is 1. The highest BCUT2D eigenvalue weighted by molar-refractivity contribution is 5.82. The number of halogens is 3. The van der Waals surface area contributed by atoms with Crippen LogP contribution >= 0.6 is 0 Å². The van der Waals surface area contributed by atoms with Gasteiger partial charge in [0.1, 0.15) is 24.9 Å². The Kier molecular flexibility index (Phi) is 6.20. The first-order chi connectivity index (χ1) is 13.8. The van der Waals surface area contributed by atoms with Crippen LogP contribution in [0.15, 0.2) is 48.5 Å². The maximum atomic E-state index is 12.7. The topological polar surface area (TPSA) is 80.8 Å². The number of benzene rings is 1. The first kappa shape index (κ1) is 20.4. The number of nitrogens with zero attached hydrogens (tertiary/aromatic N) is 2. The molecule has 0 atom stereocenters. The van der Waals surface area contributed by atoms with Crippen molar-refractivity contribution in [3.63, 3.8) is 0 Å². The van der Waals surface area contributed by atoms with Crippen LogP contribution in [0.4, 0.5) is 18.0 Å². The lowest BCUT2D eigenvalue weighted by Gasteiger charge is -2.38. The van der Waals surface area contributed by atoms with Crippen molar-refractivity contribution in [1.29, 1.82) is 0 Å². The Bertz CT molecular complexity index is 855. The van der Waals surface area contributed by atoms with Gasteiger partial charge in [-0.1, -0.05) is 36.4 Å². The van der Waals surface area contributed by atoms with Crippen LogP contribution in [0, 0.1) is 0 Å². The first-order valence-corrected chi connectivity index (χ1v) is 8.74. The predicted molar refractivity (Wildman–Crippen MR) is 94.9 cm³/mol. The Balaban J connectivity index is 1.36. The molecule has 1 fully saturated rings. The van der Waals surface area contributed by atoms with Gasteiger partial charge in [0.25, 0.3) is 0 Å². The van der Waals surface area contributed by atoms with E-state index in [-0.39, 0.29) is 38.0 Å². The van der Waals surface area contributed by atoms with E-state index in [9.17, 15) is 22.8 Å². The number of amides is 2. The standard InChI is InChI=1S/C19H18F3N3O4/c20-19(21,22)15-7-4-8-16(24-15)29-14-10-25(11-14)17(26)9-23-18(27)28-12-13-5-2-1-3-6-13/h1-8,14H,9-12H2,(H,23,27). The molecule has 10 heteroatoms. The molecule has 1 saturated heterocycles. The van der Waals surface area contributed by atoms with E-state index in [1.807, 2.05) is 18.2 Å². The van der Waals surface area contributed by atoms with E-state index < -0.39 is 24.1 Å². The summed E-state index contributed by atoms with van der Waals surface area (Å²) in [6.07, 6.45) is -5.73. The number of likely N-dealkylation sites (tertiary alicyclic amines) is 1. The van der Waals surface area contributed by atoms with Gasteiger partial charge in [0.2, 0.25) is 11.8 Å². The average Bonchev–Trinajstić information content (AvgIpc) is 2.67. The van der Waals surface area contributed by atoms with Gasteiger partial charge >= 0.3 is 12.3 Å². The molecule has 2 heterocycles. The zero-order valence-electron chi connectivity index (χ0n) is 15.2. The molecule has 7 nitrogen and oxygen atoms in total. The zero-order chi connectivity index (χ0) is 20.9. The summed E-state index contributed by atoms with van der Waals surface area (Å²) < 4.78 is 48.3. The minimum absolute atomic E-state index is 0.0878. The Labute approximate surface area is 164 Å². The highest BCUT2D eigenvalue weighted by atomic mass is 19.4. The van der Waals surface area contributed by atoms with Crippen LogP contribution in [-0.2, 0) is 22.3 Å². The fourth-order valence-electron chi connectivity index (χ4n) is 2.56. The number of alkyl carbamates (subject to hydrolysis) is 1. The third-order valence-electron chi connectivity index (χ3n) is 4.10. The number of hydrogen-bond acceptors (Lipinski definition) is 5. The summed E-state index contributed by atoms with van der Waals surface area (Å²) in [5.41, 5.74) is -0.222. The molecular weight excluding hydrogens is 391 g/mol. The van der Waals surface area contributed by atoms with E-state index in [1.54, 1.807) is 12.1 Å². The summed E-state index contributed by atoms with van der Waals surface area (Å²) in [6.45, 7) is 0.224. The van der Waals surface area contributed by atoms with Gasteiger partial charge in [-0.15, -0.1) is 0 Å². The van der Waals surface area contributed by atoms with Crippen LogP contribution in [0.25, 0.3) is 0 Å². The van der Waals surface area contributed by atoms with Crippen molar-refractivity contribution in [3.8, 4) is 5.88 Å². The molecule has 2 amide bonds. The van der Waals surface area contributed by atoms with E-state index in [0.29, 0.717) is 0 Å². The number of carbonyl (C=O) groups is 2. The Morgan fingerprint density at radius 1 is 1.10 bits per heavy atom. The molecule has 0 bridgehead atoms. The summed E-state index contributed by atoms with van der Waals surface area (Å²) in [7, 11) is 0. The molecule has 0 unspecified atom stereocenters. The van der Waals surface area contributed by atoms with E-state index in [0.717, 1.165) is 11.6 Å². The summed E-state index contributed by atoms with van der Waals surface area (Å²) in [4.78, 5) is 28.5. The fourth-order valence-corrected chi connectivity index (χ4v) is 2.56. The molecule has 0 spiro atoms. The van der Waals surface area contributed by atoms with Crippen LogP contribution in [0.1, 0.15) is 11.3 Å². The van der Waals surface area contributed by atoms with Crippen LogP contribution in [0.3, 0.4) is 0 Å².